The molecule has 1 unspecified atom stereocenters. The van der Waals surface area contributed by atoms with Crippen molar-refractivity contribution in [3.05, 3.63) is 22.2 Å². The number of fused-ring (bicyclic) bond motifs is 1. The molecule has 0 spiro atoms. The first kappa shape index (κ1) is 14.2. The summed E-state index contributed by atoms with van der Waals surface area (Å²) in [5.41, 5.74) is 6.37. The molecule has 1 aliphatic rings. The Labute approximate surface area is 121 Å². The van der Waals surface area contributed by atoms with Gasteiger partial charge in [0.05, 0.1) is 5.92 Å². The molecule has 1 heterocycles. The molecule has 0 saturated heterocycles. The van der Waals surface area contributed by atoms with Crippen LogP contribution in [0, 0.1) is 0 Å². The molecule has 1 amide bonds. The number of rotatable bonds is 6. The number of hydrogen-bond donors (Lipinski definition) is 1. The number of ether oxygens (including phenoxy) is 2. The summed E-state index contributed by atoms with van der Waals surface area (Å²) in [4.78, 5) is 11.7. The Balaban J connectivity index is 2.28. The summed E-state index contributed by atoms with van der Waals surface area (Å²) in [6.45, 7) is 2.33. The maximum absolute atomic E-state index is 11.7. The van der Waals surface area contributed by atoms with Crippen LogP contribution in [0.1, 0.15) is 44.1 Å². The molecule has 0 aromatic heterocycles. The van der Waals surface area contributed by atoms with E-state index in [9.17, 15) is 4.79 Å². The van der Waals surface area contributed by atoms with Gasteiger partial charge in [-0.15, -0.1) is 0 Å². The fraction of sp³-hybridized carbons (Fsp3) is 0.500. The number of amides is 1. The zero-order valence-corrected chi connectivity index (χ0v) is 12.5. The number of benzene rings is 1. The predicted octanol–water partition coefficient (Wildman–Crippen LogP) is 3.33. The number of nitrogens with two attached hydrogens (primary N) is 1. The molecule has 0 radical (unpaired) electrons. The summed E-state index contributed by atoms with van der Waals surface area (Å²) in [6.07, 6.45) is 3.93. The number of carbonyl (C=O) groups excluding carboxylic acids is 1. The second-order valence-electron chi connectivity index (χ2n) is 4.68. The predicted molar refractivity (Wildman–Crippen MR) is 76.3 cm³/mol. The van der Waals surface area contributed by atoms with Gasteiger partial charge in [0.25, 0.3) is 0 Å². The van der Waals surface area contributed by atoms with Gasteiger partial charge in [0, 0.05) is 10.0 Å². The molecule has 104 valence electrons. The second kappa shape index (κ2) is 6.28. The molecule has 19 heavy (non-hydrogen) atoms. The summed E-state index contributed by atoms with van der Waals surface area (Å²) < 4.78 is 11.7. The van der Waals surface area contributed by atoms with Gasteiger partial charge in [0.1, 0.15) is 0 Å². The van der Waals surface area contributed by atoms with Crippen LogP contribution < -0.4 is 15.2 Å². The van der Waals surface area contributed by atoms with E-state index in [2.05, 4.69) is 22.9 Å². The van der Waals surface area contributed by atoms with Crippen molar-refractivity contribution in [2.45, 2.75) is 38.5 Å². The third kappa shape index (κ3) is 3.21. The minimum absolute atomic E-state index is 0.194. The van der Waals surface area contributed by atoms with Gasteiger partial charge >= 0.3 is 0 Å². The Kier molecular flexibility index (Phi) is 4.69. The molecule has 0 aliphatic carbocycles. The highest BCUT2D eigenvalue weighted by Crippen LogP contribution is 2.42. The highest BCUT2D eigenvalue weighted by atomic mass is 79.9. The third-order valence-electron chi connectivity index (χ3n) is 3.28. The lowest BCUT2D eigenvalue weighted by Gasteiger charge is -2.16. The molecule has 2 rings (SSSR count). The number of halogens is 1. The standard InChI is InChI=1S/C14H18BrNO3/c1-2-3-4-5-10(14(16)17)11-6-9(15)7-12-13(11)19-8-18-12/h6-7,10H,2-5,8H2,1H3,(H2,16,17). The average Bonchev–Trinajstić information content (AvgIpc) is 2.81. The fourth-order valence-electron chi connectivity index (χ4n) is 2.31. The Morgan fingerprint density at radius 3 is 2.89 bits per heavy atom. The van der Waals surface area contributed by atoms with Crippen molar-refractivity contribution in [3.8, 4) is 11.5 Å². The minimum Gasteiger partial charge on any atom is -0.454 e. The van der Waals surface area contributed by atoms with Crippen molar-refractivity contribution in [3.63, 3.8) is 0 Å². The topological polar surface area (TPSA) is 61.6 Å². The molecule has 0 saturated carbocycles. The highest BCUT2D eigenvalue weighted by molar-refractivity contribution is 9.10. The van der Waals surface area contributed by atoms with Crippen LogP contribution in [0.25, 0.3) is 0 Å². The molecule has 4 nitrogen and oxygen atoms in total. The molecule has 0 bridgehead atoms. The Morgan fingerprint density at radius 2 is 2.21 bits per heavy atom. The molecular formula is C14H18BrNO3. The summed E-state index contributed by atoms with van der Waals surface area (Å²) in [7, 11) is 0. The van der Waals surface area contributed by atoms with Gasteiger partial charge in [-0.2, -0.15) is 0 Å². The lowest BCUT2D eigenvalue weighted by atomic mass is 9.91. The van der Waals surface area contributed by atoms with E-state index in [1.54, 1.807) is 0 Å². The normalized spacial score (nSPS) is 14.4. The van der Waals surface area contributed by atoms with E-state index in [1.807, 2.05) is 12.1 Å². The summed E-state index contributed by atoms with van der Waals surface area (Å²) in [5, 5.41) is 0. The average molecular weight is 328 g/mol. The van der Waals surface area contributed by atoms with E-state index in [0.29, 0.717) is 11.5 Å². The number of carbonyl (C=O) groups is 1. The number of unbranched alkanes of at least 4 members (excludes halogenated alkanes) is 2. The minimum atomic E-state index is -0.320. The SMILES string of the molecule is CCCCCC(C(N)=O)c1cc(Br)cc2c1OCO2. The van der Waals surface area contributed by atoms with Crippen LogP contribution in [0.5, 0.6) is 11.5 Å². The molecule has 1 aromatic carbocycles. The van der Waals surface area contributed by atoms with E-state index in [4.69, 9.17) is 15.2 Å². The van der Waals surface area contributed by atoms with Gasteiger partial charge in [-0.25, -0.2) is 0 Å². The van der Waals surface area contributed by atoms with Gasteiger partial charge in [0.2, 0.25) is 12.7 Å². The maximum atomic E-state index is 11.7. The van der Waals surface area contributed by atoms with Crippen molar-refractivity contribution >= 4 is 21.8 Å². The molecule has 1 aliphatic heterocycles. The molecular weight excluding hydrogens is 310 g/mol. The summed E-state index contributed by atoms with van der Waals surface area (Å²) in [5.74, 6) is 0.695. The van der Waals surface area contributed by atoms with Crippen molar-refractivity contribution in [1.29, 1.82) is 0 Å². The van der Waals surface area contributed by atoms with Crippen LogP contribution in [0.2, 0.25) is 0 Å². The molecule has 1 aromatic rings. The lowest BCUT2D eigenvalue weighted by molar-refractivity contribution is -0.119. The Morgan fingerprint density at radius 1 is 1.42 bits per heavy atom. The molecule has 2 N–H and O–H groups in total. The zero-order valence-electron chi connectivity index (χ0n) is 10.9. The van der Waals surface area contributed by atoms with Gasteiger partial charge in [-0.3, -0.25) is 4.79 Å². The first-order valence-electron chi connectivity index (χ1n) is 6.51. The van der Waals surface area contributed by atoms with Gasteiger partial charge in [-0.1, -0.05) is 42.1 Å². The largest absolute Gasteiger partial charge is 0.454 e. The van der Waals surface area contributed by atoms with Crippen molar-refractivity contribution in [2.75, 3.05) is 6.79 Å². The van der Waals surface area contributed by atoms with Crippen LogP contribution >= 0.6 is 15.9 Å². The van der Waals surface area contributed by atoms with Crippen LogP contribution in [0.4, 0.5) is 0 Å². The van der Waals surface area contributed by atoms with Crippen LogP contribution in [0.15, 0.2) is 16.6 Å². The first-order valence-corrected chi connectivity index (χ1v) is 7.31. The van der Waals surface area contributed by atoms with Gasteiger partial charge < -0.3 is 15.2 Å². The zero-order chi connectivity index (χ0) is 13.8. The molecule has 5 heteroatoms. The van der Waals surface area contributed by atoms with E-state index in [1.165, 1.54) is 0 Å². The monoisotopic (exact) mass is 327 g/mol. The van der Waals surface area contributed by atoms with E-state index >= 15 is 0 Å². The highest BCUT2D eigenvalue weighted by Gasteiger charge is 2.27. The summed E-state index contributed by atoms with van der Waals surface area (Å²) >= 11 is 3.43. The van der Waals surface area contributed by atoms with Crippen molar-refractivity contribution in [1.82, 2.24) is 0 Å². The smallest absolute Gasteiger partial charge is 0.231 e. The van der Waals surface area contributed by atoms with Crippen molar-refractivity contribution in [2.24, 2.45) is 5.73 Å². The quantitative estimate of drug-likeness (QED) is 0.815. The van der Waals surface area contributed by atoms with Crippen molar-refractivity contribution < 1.29 is 14.3 Å². The van der Waals surface area contributed by atoms with E-state index in [-0.39, 0.29) is 18.6 Å². The maximum Gasteiger partial charge on any atom is 0.231 e. The van der Waals surface area contributed by atoms with E-state index in [0.717, 1.165) is 35.7 Å². The second-order valence-corrected chi connectivity index (χ2v) is 5.60. The Bertz CT molecular complexity index is 476. The van der Waals surface area contributed by atoms with Crippen LogP contribution in [0.3, 0.4) is 0 Å². The Hall–Kier alpha value is -1.23. The fourth-order valence-corrected chi connectivity index (χ4v) is 2.77. The van der Waals surface area contributed by atoms with Crippen LogP contribution in [-0.4, -0.2) is 12.7 Å². The number of hydrogen-bond acceptors (Lipinski definition) is 3. The van der Waals surface area contributed by atoms with Gasteiger partial charge in [0.15, 0.2) is 11.5 Å². The summed E-state index contributed by atoms with van der Waals surface area (Å²) in [6, 6.07) is 3.74. The first-order chi connectivity index (χ1) is 9.13. The van der Waals surface area contributed by atoms with Crippen LogP contribution in [-0.2, 0) is 4.79 Å². The number of primary amides is 1. The van der Waals surface area contributed by atoms with Gasteiger partial charge in [-0.05, 0) is 18.6 Å². The lowest BCUT2D eigenvalue weighted by Crippen LogP contribution is -2.21. The third-order valence-corrected chi connectivity index (χ3v) is 3.74. The van der Waals surface area contributed by atoms with E-state index < -0.39 is 0 Å². The molecule has 0 fully saturated rings. The molecule has 1 atom stereocenters.